The maximum atomic E-state index is 9.09. The minimum atomic E-state index is -0.438. The largest absolute Gasteiger partial charge is 0.396 e. The maximum Gasteiger partial charge on any atom is 0.0621 e. The van der Waals surface area contributed by atoms with Crippen LogP contribution in [0.2, 0.25) is 0 Å². The van der Waals surface area contributed by atoms with E-state index in [0.29, 0.717) is 6.42 Å². The van der Waals surface area contributed by atoms with Crippen LogP contribution in [0.4, 0.5) is 0 Å². The van der Waals surface area contributed by atoms with E-state index < -0.39 is 6.10 Å². The van der Waals surface area contributed by atoms with Crippen LogP contribution in [0.5, 0.6) is 0 Å². The zero-order valence-electron chi connectivity index (χ0n) is 5.75. The van der Waals surface area contributed by atoms with Crippen LogP contribution in [0.1, 0.15) is 13.3 Å². The van der Waals surface area contributed by atoms with Gasteiger partial charge in [0.25, 0.3) is 0 Å². The zero-order valence-corrected chi connectivity index (χ0v) is 5.75. The van der Waals surface area contributed by atoms with E-state index in [1.54, 1.807) is 6.08 Å². The third kappa shape index (κ3) is 3.27. The van der Waals surface area contributed by atoms with Gasteiger partial charge >= 0.3 is 0 Å². The molecule has 0 heterocycles. The Kier molecular flexibility index (Phi) is 4.36. The van der Waals surface area contributed by atoms with Crippen LogP contribution in [0.3, 0.4) is 0 Å². The summed E-state index contributed by atoms with van der Waals surface area (Å²) in [6.07, 6.45) is 1.68. The number of aliphatic hydroxyl groups is 2. The molecule has 0 spiro atoms. The van der Waals surface area contributed by atoms with Crippen molar-refractivity contribution in [2.24, 2.45) is 5.92 Å². The van der Waals surface area contributed by atoms with Gasteiger partial charge in [-0.3, -0.25) is 0 Å². The molecular formula is C7H14O2. The lowest BCUT2D eigenvalue weighted by Gasteiger charge is -2.12. The Morgan fingerprint density at radius 2 is 2.22 bits per heavy atom. The number of hydrogen-bond donors (Lipinski definition) is 2. The van der Waals surface area contributed by atoms with Gasteiger partial charge in [-0.1, -0.05) is 13.0 Å². The summed E-state index contributed by atoms with van der Waals surface area (Å²) in [7, 11) is 0. The molecular weight excluding hydrogens is 116 g/mol. The summed E-state index contributed by atoms with van der Waals surface area (Å²) in [6, 6.07) is 0. The van der Waals surface area contributed by atoms with Gasteiger partial charge in [0, 0.05) is 6.61 Å². The molecule has 0 aliphatic heterocycles. The highest BCUT2D eigenvalue weighted by Gasteiger charge is 2.08. The van der Waals surface area contributed by atoms with Crippen molar-refractivity contribution in [1.29, 1.82) is 0 Å². The lowest BCUT2D eigenvalue weighted by atomic mass is 10.0. The van der Waals surface area contributed by atoms with E-state index in [0.717, 1.165) is 0 Å². The van der Waals surface area contributed by atoms with Crippen molar-refractivity contribution in [2.45, 2.75) is 19.4 Å². The Bertz CT molecular complexity index is 81.0. The lowest BCUT2D eigenvalue weighted by Crippen LogP contribution is -2.16. The van der Waals surface area contributed by atoms with Crippen molar-refractivity contribution in [3.63, 3.8) is 0 Å². The summed E-state index contributed by atoms with van der Waals surface area (Å²) in [5.41, 5.74) is 0. The van der Waals surface area contributed by atoms with E-state index in [2.05, 4.69) is 6.58 Å². The Morgan fingerprint density at radius 3 is 2.56 bits per heavy atom. The molecule has 2 nitrogen and oxygen atoms in total. The standard InChI is InChI=1S/C7H14O2/c1-3-6(2)7(9)4-5-8/h3,6-9H,1,4-5H2,2H3/t6-,7+/m1/s1. The van der Waals surface area contributed by atoms with Crippen molar-refractivity contribution < 1.29 is 10.2 Å². The molecule has 9 heavy (non-hydrogen) atoms. The van der Waals surface area contributed by atoms with E-state index in [1.807, 2.05) is 6.92 Å². The topological polar surface area (TPSA) is 40.5 Å². The van der Waals surface area contributed by atoms with Gasteiger partial charge in [0.15, 0.2) is 0 Å². The van der Waals surface area contributed by atoms with Crippen molar-refractivity contribution >= 4 is 0 Å². The molecule has 0 saturated carbocycles. The number of aliphatic hydroxyl groups excluding tert-OH is 2. The van der Waals surface area contributed by atoms with Crippen LogP contribution < -0.4 is 0 Å². The maximum absolute atomic E-state index is 9.09. The zero-order chi connectivity index (χ0) is 7.28. The summed E-state index contributed by atoms with van der Waals surface area (Å²) in [5, 5.41) is 17.5. The molecule has 0 amide bonds. The second kappa shape index (κ2) is 4.53. The molecule has 0 radical (unpaired) electrons. The molecule has 2 heteroatoms. The second-order valence-corrected chi connectivity index (χ2v) is 2.17. The molecule has 0 unspecified atom stereocenters. The Labute approximate surface area is 55.8 Å². The molecule has 2 atom stereocenters. The quantitative estimate of drug-likeness (QED) is 0.546. The van der Waals surface area contributed by atoms with E-state index in [9.17, 15) is 0 Å². The monoisotopic (exact) mass is 130 g/mol. The molecule has 0 aliphatic carbocycles. The average molecular weight is 130 g/mol. The summed E-state index contributed by atoms with van der Waals surface area (Å²) in [5.74, 6) is 0.0807. The predicted octanol–water partition coefficient (Wildman–Crippen LogP) is 0.552. The van der Waals surface area contributed by atoms with Crippen molar-refractivity contribution in [3.05, 3.63) is 12.7 Å². The Morgan fingerprint density at radius 1 is 1.67 bits per heavy atom. The van der Waals surface area contributed by atoms with Gasteiger partial charge in [0.05, 0.1) is 6.10 Å². The van der Waals surface area contributed by atoms with Gasteiger partial charge in [-0.2, -0.15) is 0 Å². The van der Waals surface area contributed by atoms with Gasteiger partial charge < -0.3 is 10.2 Å². The van der Waals surface area contributed by atoms with E-state index in [1.165, 1.54) is 0 Å². The summed E-state index contributed by atoms with van der Waals surface area (Å²) in [4.78, 5) is 0. The molecule has 0 aromatic heterocycles. The van der Waals surface area contributed by atoms with Gasteiger partial charge in [-0.15, -0.1) is 6.58 Å². The minimum Gasteiger partial charge on any atom is -0.396 e. The first-order valence-electron chi connectivity index (χ1n) is 3.13. The number of rotatable bonds is 4. The summed E-state index contributed by atoms with van der Waals surface area (Å²) in [6.45, 7) is 5.43. The minimum absolute atomic E-state index is 0.0410. The highest BCUT2D eigenvalue weighted by atomic mass is 16.3. The average Bonchev–Trinajstić information content (AvgIpc) is 1.87. The molecule has 0 rings (SSSR count). The van der Waals surface area contributed by atoms with Gasteiger partial charge in [0.1, 0.15) is 0 Å². The van der Waals surface area contributed by atoms with E-state index >= 15 is 0 Å². The van der Waals surface area contributed by atoms with Gasteiger partial charge in [-0.05, 0) is 12.3 Å². The molecule has 0 bridgehead atoms. The predicted molar refractivity (Wildman–Crippen MR) is 37.1 cm³/mol. The Balaban J connectivity index is 3.44. The number of hydrogen-bond acceptors (Lipinski definition) is 2. The third-order valence-electron chi connectivity index (χ3n) is 1.40. The third-order valence-corrected chi connectivity index (χ3v) is 1.40. The Hall–Kier alpha value is -0.340. The van der Waals surface area contributed by atoms with Gasteiger partial charge in [0.2, 0.25) is 0 Å². The van der Waals surface area contributed by atoms with Crippen LogP contribution in [0, 0.1) is 5.92 Å². The molecule has 0 saturated heterocycles. The smallest absolute Gasteiger partial charge is 0.0621 e. The first kappa shape index (κ1) is 8.66. The van der Waals surface area contributed by atoms with E-state index in [-0.39, 0.29) is 12.5 Å². The van der Waals surface area contributed by atoms with Gasteiger partial charge in [-0.25, -0.2) is 0 Å². The molecule has 0 aromatic rings. The SMILES string of the molecule is C=C[C@@H](C)[C@@H](O)CCO. The van der Waals surface area contributed by atoms with Crippen LogP contribution in [-0.4, -0.2) is 22.9 Å². The van der Waals surface area contributed by atoms with Crippen LogP contribution in [0.15, 0.2) is 12.7 Å². The fourth-order valence-electron chi connectivity index (χ4n) is 0.552. The van der Waals surface area contributed by atoms with Crippen LogP contribution >= 0.6 is 0 Å². The molecule has 54 valence electrons. The lowest BCUT2D eigenvalue weighted by molar-refractivity contribution is 0.103. The van der Waals surface area contributed by atoms with Crippen molar-refractivity contribution in [1.82, 2.24) is 0 Å². The van der Waals surface area contributed by atoms with Crippen LogP contribution in [-0.2, 0) is 0 Å². The highest BCUT2D eigenvalue weighted by Crippen LogP contribution is 2.06. The van der Waals surface area contributed by atoms with Crippen molar-refractivity contribution in [2.75, 3.05) is 6.61 Å². The molecule has 0 fully saturated rings. The first-order valence-corrected chi connectivity index (χ1v) is 3.13. The van der Waals surface area contributed by atoms with Crippen LogP contribution in [0.25, 0.3) is 0 Å². The normalized spacial score (nSPS) is 16.8. The summed E-state index contributed by atoms with van der Waals surface area (Å²) >= 11 is 0. The summed E-state index contributed by atoms with van der Waals surface area (Å²) < 4.78 is 0. The van der Waals surface area contributed by atoms with Crippen molar-refractivity contribution in [3.8, 4) is 0 Å². The first-order chi connectivity index (χ1) is 4.22. The fraction of sp³-hybridized carbons (Fsp3) is 0.714. The molecule has 0 aliphatic rings. The van der Waals surface area contributed by atoms with E-state index in [4.69, 9.17) is 10.2 Å². The molecule has 2 N–H and O–H groups in total. The molecule has 0 aromatic carbocycles. The second-order valence-electron chi connectivity index (χ2n) is 2.17. The fourth-order valence-corrected chi connectivity index (χ4v) is 0.552. The highest BCUT2D eigenvalue weighted by molar-refractivity contribution is 4.80.